The highest BCUT2D eigenvalue weighted by molar-refractivity contribution is 7.15. The fourth-order valence-corrected chi connectivity index (χ4v) is 6.77. The van der Waals surface area contributed by atoms with Gasteiger partial charge in [-0.25, -0.2) is 4.79 Å². The van der Waals surface area contributed by atoms with Crippen molar-refractivity contribution in [3.8, 4) is 10.8 Å². The van der Waals surface area contributed by atoms with Gasteiger partial charge in [0, 0.05) is 22.3 Å². The summed E-state index contributed by atoms with van der Waals surface area (Å²) in [5.41, 5.74) is 5.76. The Hall–Kier alpha value is -3.51. The summed E-state index contributed by atoms with van der Waals surface area (Å²) in [6.45, 7) is 3.17. The SMILES string of the molecule is CCOc1ccc(NC(=O)N2Cc3c(sc4c3CCCC4)-n3cccc3C2c2ccccc2)cc1. The molecule has 3 heterocycles. The van der Waals surface area contributed by atoms with Crippen LogP contribution in [0.15, 0.2) is 72.9 Å². The molecule has 6 heteroatoms. The van der Waals surface area contributed by atoms with E-state index in [0.29, 0.717) is 13.2 Å². The van der Waals surface area contributed by atoms with E-state index in [9.17, 15) is 4.79 Å². The summed E-state index contributed by atoms with van der Waals surface area (Å²) in [6, 6.07) is 21.9. The lowest BCUT2D eigenvalue weighted by molar-refractivity contribution is 0.194. The standard InChI is InChI=1S/C29H29N3O2S/c1-2-34-22-16-14-21(15-17-22)30-29(33)32-19-24-23-11-6-7-13-26(23)35-28(24)31-18-8-12-25(31)27(32)20-9-4-3-5-10-20/h3-5,8-10,12,14-18,27H,2,6-7,11,13,19H2,1H3,(H,30,33). The van der Waals surface area contributed by atoms with Crippen LogP contribution < -0.4 is 10.1 Å². The van der Waals surface area contributed by atoms with E-state index in [1.54, 1.807) is 0 Å². The maximum atomic E-state index is 13.9. The van der Waals surface area contributed by atoms with E-state index in [4.69, 9.17) is 4.74 Å². The van der Waals surface area contributed by atoms with Gasteiger partial charge in [-0.2, -0.15) is 0 Å². The summed E-state index contributed by atoms with van der Waals surface area (Å²) in [6.07, 6.45) is 6.86. The first-order valence-electron chi connectivity index (χ1n) is 12.4. The Bertz CT molecular complexity index is 1340. The van der Waals surface area contributed by atoms with Crippen LogP contribution in [0, 0.1) is 0 Å². The van der Waals surface area contributed by atoms with Gasteiger partial charge in [-0.3, -0.25) is 0 Å². The third-order valence-corrected chi connectivity index (χ3v) is 8.31. The van der Waals surface area contributed by atoms with Gasteiger partial charge >= 0.3 is 6.03 Å². The first-order valence-corrected chi connectivity index (χ1v) is 13.2. The van der Waals surface area contributed by atoms with Crippen molar-refractivity contribution >= 4 is 23.1 Å². The van der Waals surface area contributed by atoms with E-state index in [1.807, 2.05) is 65.6 Å². The highest BCUT2D eigenvalue weighted by Crippen LogP contribution is 2.44. The minimum Gasteiger partial charge on any atom is -0.494 e. The Balaban J connectivity index is 1.43. The Morgan fingerprint density at radius 1 is 1.00 bits per heavy atom. The van der Waals surface area contributed by atoms with Crippen LogP contribution in [0.4, 0.5) is 10.5 Å². The molecule has 0 saturated carbocycles. The van der Waals surface area contributed by atoms with Crippen molar-refractivity contribution in [1.82, 2.24) is 9.47 Å². The summed E-state index contributed by atoms with van der Waals surface area (Å²) in [4.78, 5) is 17.4. The van der Waals surface area contributed by atoms with Crippen LogP contribution in [0.3, 0.4) is 0 Å². The molecule has 4 aromatic rings. The molecule has 1 aliphatic heterocycles. The van der Waals surface area contributed by atoms with Gasteiger partial charge < -0.3 is 19.5 Å². The molecular formula is C29H29N3O2S. The quantitative estimate of drug-likeness (QED) is 0.341. The molecule has 0 radical (unpaired) electrons. The molecule has 35 heavy (non-hydrogen) atoms. The summed E-state index contributed by atoms with van der Waals surface area (Å²) in [5.74, 6) is 0.801. The van der Waals surface area contributed by atoms with Gasteiger partial charge in [0.25, 0.3) is 0 Å². The van der Waals surface area contributed by atoms with Gasteiger partial charge in [-0.05, 0) is 80.1 Å². The second kappa shape index (κ2) is 9.27. The molecule has 0 spiro atoms. The zero-order chi connectivity index (χ0) is 23.8. The normalized spacial score (nSPS) is 16.6. The number of hydrogen-bond donors (Lipinski definition) is 1. The number of thiophene rings is 1. The van der Waals surface area contributed by atoms with Crippen LogP contribution in [-0.2, 0) is 19.4 Å². The molecule has 2 aromatic carbocycles. The van der Waals surface area contributed by atoms with Crippen molar-refractivity contribution in [3.05, 3.63) is 100 Å². The summed E-state index contributed by atoms with van der Waals surface area (Å²) >= 11 is 1.91. The molecule has 1 N–H and O–H groups in total. The first-order chi connectivity index (χ1) is 17.2. The second-order valence-corrected chi connectivity index (χ2v) is 10.2. The number of carbonyl (C=O) groups excluding carboxylic acids is 1. The summed E-state index contributed by atoms with van der Waals surface area (Å²) < 4.78 is 7.88. The Morgan fingerprint density at radius 2 is 1.80 bits per heavy atom. The highest BCUT2D eigenvalue weighted by atomic mass is 32.1. The average molecular weight is 484 g/mol. The largest absolute Gasteiger partial charge is 0.494 e. The van der Waals surface area contributed by atoms with Gasteiger partial charge in [0.15, 0.2) is 0 Å². The minimum absolute atomic E-state index is 0.0978. The Labute approximate surface area is 210 Å². The molecule has 1 aliphatic carbocycles. The predicted molar refractivity (Wildman–Crippen MR) is 141 cm³/mol. The van der Waals surface area contributed by atoms with Crippen LogP contribution in [0.25, 0.3) is 5.00 Å². The summed E-state index contributed by atoms with van der Waals surface area (Å²) in [7, 11) is 0. The fraction of sp³-hybridized carbons (Fsp3) is 0.276. The third-order valence-electron chi connectivity index (χ3n) is 6.97. The van der Waals surface area contributed by atoms with Gasteiger partial charge in [0.2, 0.25) is 0 Å². The number of amides is 2. The van der Waals surface area contributed by atoms with Gasteiger partial charge in [0.1, 0.15) is 10.8 Å². The topological polar surface area (TPSA) is 46.5 Å². The van der Waals surface area contributed by atoms with Crippen LogP contribution in [0.2, 0.25) is 0 Å². The number of urea groups is 1. The molecule has 2 aromatic heterocycles. The number of hydrogen-bond acceptors (Lipinski definition) is 3. The van der Waals surface area contributed by atoms with Gasteiger partial charge in [0.05, 0.1) is 24.9 Å². The van der Waals surface area contributed by atoms with E-state index in [0.717, 1.165) is 35.5 Å². The predicted octanol–water partition coefficient (Wildman–Crippen LogP) is 6.95. The van der Waals surface area contributed by atoms with Crippen molar-refractivity contribution in [1.29, 1.82) is 0 Å². The van der Waals surface area contributed by atoms with Crippen LogP contribution >= 0.6 is 11.3 Å². The van der Waals surface area contributed by atoms with Crippen molar-refractivity contribution in [2.45, 2.75) is 45.2 Å². The number of ether oxygens (including phenoxy) is 1. The molecule has 5 nitrogen and oxygen atoms in total. The molecule has 1 unspecified atom stereocenters. The number of aromatic nitrogens is 1. The number of nitrogens with zero attached hydrogens (tertiary/aromatic N) is 2. The lowest BCUT2D eigenvalue weighted by Gasteiger charge is -2.31. The zero-order valence-corrected chi connectivity index (χ0v) is 20.7. The number of aryl methyl sites for hydroxylation is 1. The first kappa shape index (κ1) is 22.0. The van der Waals surface area contributed by atoms with Gasteiger partial charge in [-0.15, -0.1) is 11.3 Å². The number of benzene rings is 2. The van der Waals surface area contributed by atoms with Gasteiger partial charge in [-0.1, -0.05) is 30.3 Å². The van der Waals surface area contributed by atoms with Crippen molar-refractivity contribution in [2.75, 3.05) is 11.9 Å². The Kier molecular flexibility index (Phi) is 5.82. The number of anilines is 1. The molecule has 178 valence electrons. The van der Waals surface area contributed by atoms with Crippen LogP contribution in [-0.4, -0.2) is 22.1 Å². The monoisotopic (exact) mass is 483 g/mol. The molecule has 0 fully saturated rings. The number of rotatable bonds is 4. The number of fused-ring (bicyclic) bond motifs is 5. The van der Waals surface area contributed by atoms with Crippen molar-refractivity contribution < 1.29 is 9.53 Å². The third kappa shape index (κ3) is 4.02. The molecular weight excluding hydrogens is 454 g/mol. The molecule has 0 saturated heterocycles. The Morgan fingerprint density at radius 3 is 2.60 bits per heavy atom. The van der Waals surface area contributed by atoms with E-state index in [2.05, 4.69) is 40.3 Å². The van der Waals surface area contributed by atoms with E-state index in [1.165, 1.54) is 33.8 Å². The average Bonchev–Trinajstić information content (AvgIpc) is 3.48. The van der Waals surface area contributed by atoms with Crippen LogP contribution in [0.1, 0.15) is 53.1 Å². The molecule has 2 aliphatic rings. The smallest absolute Gasteiger partial charge is 0.322 e. The molecule has 0 bridgehead atoms. The zero-order valence-electron chi connectivity index (χ0n) is 19.9. The maximum Gasteiger partial charge on any atom is 0.322 e. The highest BCUT2D eigenvalue weighted by Gasteiger charge is 2.36. The van der Waals surface area contributed by atoms with Crippen molar-refractivity contribution in [3.63, 3.8) is 0 Å². The van der Waals surface area contributed by atoms with Crippen molar-refractivity contribution in [2.24, 2.45) is 0 Å². The van der Waals surface area contributed by atoms with Crippen LogP contribution in [0.5, 0.6) is 5.75 Å². The number of carbonyl (C=O) groups is 1. The lowest BCUT2D eigenvalue weighted by atomic mass is 9.95. The molecule has 2 amide bonds. The van der Waals surface area contributed by atoms with E-state index < -0.39 is 0 Å². The molecule has 1 atom stereocenters. The lowest BCUT2D eigenvalue weighted by Crippen LogP contribution is -2.38. The maximum absolute atomic E-state index is 13.9. The minimum atomic E-state index is -0.187. The number of nitrogens with one attached hydrogen (secondary N) is 1. The van der Waals surface area contributed by atoms with E-state index >= 15 is 0 Å². The second-order valence-electron chi connectivity index (χ2n) is 9.13. The summed E-state index contributed by atoms with van der Waals surface area (Å²) in [5, 5.41) is 4.43. The fourth-order valence-electron chi connectivity index (χ4n) is 5.37. The van der Waals surface area contributed by atoms with E-state index in [-0.39, 0.29) is 12.1 Å². The molecule has 6 rings (SSSR count).